The summed E-state index contributed by atoms with van der Waals surface area (Å²) in [5.41, 5.74) is 0.331. The Morgan fingerprint density at radius 1 is 1.13 bits per heavy atom. The van der Waals surface area contributed by atoms with Crippen LogP contribution in [0.2, 0.25) is 0 Å². The number of amides is 1. The van der Waals surface area contributed by atoms with Crippen molar-refractivity contribution in [2.45, 2.75) is 50.3 Å². The van der Waals surface area contributed by atoms with Crippen molar-refractivity contribution < 1.29 is 32.9 Å². The molecule has 1 aliphatic heterocycles. The molecule has 5 rings (SSSR count). The molecule has 0 spiro atoms. The number of rotatable bonds is 9. The Balaban J connectivity index is 1.32. The number of aromatic nitrogens is 4. The number of benzene rings is 1. The number of halogens is 3. The van der Waals surface area contributed by atoms with Crippen molar-refractivity contribution in [2.24, 2.45) is 5.92 Å². The highest BCUT2D eigenvalue weighted by molar-refractivity contribution is 5.79. The SMILES string of the molecule is O=C(NC[C@@H](O)CO)[C@H]1CC[C@H](Nc2ncc3nc(Nc4c(F)cc(F)cc4F)n(C4CCOC4)c3n2)CC1. The van der Waals surface area contributed by atoms with Gasteiger partial charge in [0.2, 0.25) is 17.8 Å². The van der Waals surface area contributed by atoms with Gasteiger partial charge in [-0.25, -0.2) is 23.1 Å². The standard InChI is InChI=1S/C25H30F3N7O4/c26-14-7-18(27)21(19(28)8-14)33-25-32-20-10-30-24(34-22(20)35(25)16-5-6-39-12-16)31-15-3-1-13(2-4-15)23(38)29-9-17(37)11-36/h7-8,10,13,15-17,36-37H,1-6,9,11-12H2,(H,29,38)(H,32,33)(H,30,31,34)/t13-,15-,16?,17-/m1/s1. The average Bonchev–Trinajstić information content (AvgIpc) is 3.57. The van der Waals surface area contributed by atoms with E-state index in [2.05, 4.69) is 30.9 Å². The van der Waals surface area contributed by atoms with Crippen molar-refractivity contribution in [1.29, 1.82) is 0 Å². The Hall–Kier alpha value is -3.49. The summed E-state index contributed by atoms with van der Waals surface area (Å²) in [5.74, 6) is -3.03. The third-order valence-corrected chi connectivity index (χ3v) is 7.10. The van der Waals surface area contributed by atoms with Crippen molar-refractivity contribution in [1.82, 2.24) is 24.8 Å². The number of anilines is 3. The van der Waals surface area contributed by atoms with Gasteiger partial charge in [-0.15, -0.1) is 0 Å². The molecule has 2 aliphatic rings. The highest BCUT2D eigenvalue weighted by Crippen LogP contribution is 2.32. The number of ether oxygens (including phenoxy) is 1. The molecule has 1 unspecified atom stereocenters. The number of imidazole rings is 1. The van der Waals surface area contributed by atoms with Crippen LogP contribution < -0.4 is 16.0 Å². The summed E-state index contributed by atoms with van der Waals surface area (Å²) in [6.45, 7) is 0.474. The van der Waals surface area contributed by atoms with Crippen molar-refractivity contribution >= 4 is 34.7 Å². The molecule has 0 radical (unpaired) electrons. The summed E-state index contributed by atoms with van der Waals surface area (Å²) < 4.78 is 49.4. The van der Waals surface area contributed by atoms with E-state index in [0.717, 1.165) is 0 Å². The fourth-order valence-electron chi connectivity index (χ4n) is 5.00. The lowest BCUT2D eigenvalue weighted by atomic mass is 9.85. The number of aliphatic hydroxyl groups excluding tert-OH is 2. The minimum atomic E-state index is -1.09. The second kappa shape index (κ2) is 11.7. The van der Waals surface area contributed by atoms with Crippen molar-refractivity contribution in [2.75, 3.05) is 37.0 Å². The van der Waals surface area contributed by atoms with Gasteiger partial charge in [0.1, 0.15) is 17.0 Å². The Morgan fingerprint density at radius 3 is 2.54 bits per heavy atom. The zero-order valence-electron chi connectivity index (χ0n) is 21.0. The van der Waals surface area contributed by atoms with Crippen LogP contribution in [-0.2, 0) is 9.53 Å². The molecule has 1 amide bonds. The van der Waals surface area contributed by atoms with E-state index in [1.54, 1.807) is 4.57 Å². The van der Waals surface area contributed by atoms with Crippen LogP contribution in [0.1, 0.15) is 38.1 Å². The predicted octanol–water partition coefficient (Wildman–Crippen LogP) is 2.39. The van der Waals surface area contributed by atoms with E-state index < -0.39 is 35.8 Å². The van der Waals surface area contributed by atoms with Crippen LogP contribution in [-0.4, -0.2) is 74.2 Å². The molecular weight excluding hydrogens is 519 g/mol. The Kier molecular flexibility index (Phi) is 8.14. The third kappa shape index (κ3) is 6.07. The van der Waals surface area contributed by atoms with Crippen LogP contribution in [0.25, 0.3) is 11.2 Å². The molecule has 0 bridgehead atoms. The summed E-state index contributed by atoms with van der Waals surface area (Å²) in [4.78, 5) is 25.8. The maximum Gasteiger partial charge on any atom is 0.224 e. The predicted molar refractivity (Wildman–Crippen MR) is 135 cm³/mol. The number of fused-ring (bicyclic) bond motifs is 1. The number of aliphatic hydroxyl groups is 2. The van der Waals surface area contributed by atoms with Gasteiger partial charge in [-0.2, -0.15) is 4.98 Å². The Morgan fingerprint density at radius 2 is 1.87 bits per heavy atom. The van der Waals surface area contributed by atoms with Crippen molar-refractivity contribution in [3.63, 3.8) is 0 Å². The largest absolute Gasteiger partial charge is 0.394 e. The smallest absolute Gasteiger partial charge is 0.224 e. The quantitative estimate of drug-likeness (QED) is 0.272. The molecule has 3 heterocycles. The van der Waals surface area contributed by atoms with Crippen LogP contribution in [0.15, 0.2) is 18.3 Å². The molecule has 2 fully saturated rings. The fourth-order valence-corrected chi connectivity index (χ4v) is 5.00. The maximum atomic E-state index is 14.4. The molecule has 3 aromatic rings. The first-order valence-electron chi connectivity index (χ1n) is 12.9. The van der Waals surface area contributed by atoms with Crippen LogP contribution in [0, 0.1) is 23.4 Å². The number of hydrogen-bond acceptors (Lipinski definition) is 9. The molecule has 1 saturated heterocycles. The fraction of sp³-hybridized carbons (Fsp3) is 0.520. The van der Waals surface area contributed by atoms with Crippen LogP contribution in [0.5, 0.6) is 0 Å². The van der Waals surface area contributed by atoms with Crippen molar-refractivity contribution in [3.05, 3.63) is 35.8 Å². The molecule has 1 saturated carbocycles. The van der Waals surface area contributed by atoms with Crippen LogP contribution in [0.4, 0.5) is 30.8 Å². The van der Waals surface area contributed by atoms with Gasteiger partial charge in [0, 0.05) is 37.2 Å². The molecule has 39 heavy (non-hydrogen) atoms. The van der Waals surface area contributed by atoms with E-state index in [4.69, 9.17) is 9.84 Å². The molecule has 1 aliphatic carbocycles. The van der Waals surface area contributed by atoms with Crippen LogP contribution >= 0.6 is 0 Å². The molecule has 11 nitrogen and oxygen atoms in total. The van der Waals surface area contributed by atoms with Crippen molar-refractivity contribution in [3.8, 4) is 0 Å². The van der Waals surface area contributed by atoms with E-state index in [0.29, 0.717) is 74.6 Å². The molecular formula is C25H30F3N7O4. The van der Waals surface area contributed by atoms with E-state index in [1.165, 1.54) is 6.20 Å². The maximum absolute atomic E-state index is 14.4. The second-order valence-electron chi connectivity index (χ2n) is 9.87. The van der Waals surface area contributed by atoms with Crippen LogP contribution in [0.3, 0.4) is 0 Å². The summed E-state index contributed by atoms with van der Waals surface area (Å²) in [7, 11) is 0. The van der Waals surface area contributed by atoms with Gasteiger partial charge in [-0.1, -0.05) is 0 Å². The van der Waals surface area contributed by atoms with Gasteiger partial charge in [-0.3, -0.25) is 9.36 Å². The lowest BCUT2D eigenvalue weighted by Gasteiger charge is -2.28. The Bertz CT molecular complexity index is 1300. The topological polar surface area (TPSA) is 146 Å². The van der Waals surface area contributed by atoms with Gasteiger partial charge in [0.05, 0.1) is 31.6 Å². The number of nitrogens with zero attached hydrogens (tertiary/aromatic N) is 4. The minimum Gasteiger partial charge on any atom is -0.394 e. The number of hydrogen-bond donors (Lipinski definition) is 5. The molecule has 1 aromatic carbocycles. The summed E-state index contributed by atoms with van der Waals surface area (Å²) >= 11 is 0. The van der Waals surface area contributed by atoms with Gasteiger partial charge in [0.15, 0.2) is 17.3 Å². The highest BCUT2D eigenvalue weighted by atomic mass is 19.1. The normalized spacial score (nSPS) is 22.1. The van der Waals surface area contributed by atoms with Gasteiger partial charge >= 0.3 is 0 Å². The minimum absolute atomic E-state index is 0.0123. The van der Waals surface area contributed by atoms with E-state index in [-0.39, 0.29) is 36.4 Å². The number of carbonyl (C=O) groups excluding carboxylic acids is 1. The molecule has 210 valence electrons. The first-order chi connectivity index (χ1) is 18.8. The van der Waals surface area contributed by atoms with E-state index >= 15 is 0 Å². The third-order valence-electron chi connectivity index (χ3n) is 7.10. The Labute approximate surface area is 221 Å². The zero-order valence-corrected chi connectivity index (χ0v) is 21.0. The summed E-state index contributed by atoms with van der Waals surface area (Å²) in [5, 5.41) is 27.0. The second-order valence-corrected chi connectivity index (χ2v) is 9.87. The first-order valence-corrected chi connectivity index (χ1v) is 12.9. The van der Waals surface area contributed by atoms with Gasteiger partial charge in [-0.05, 0) is 32.1 Å². The van der Waals surface area contributed by atoms with Gasteiger partial charge < -0.3 is 30.9 Å². The molecule has 2 atom stereocenters. The highest BCUT2D eigenvalue weighted by Gasteiger charge is 2.29. The van der Waals surface area contributed by atoms with E-state index in [1.807, 2.05) is 0 Å². The monoisotopic (exact) mass is 549 g/mol. The zero-order chi connectivity index (χ0) is 27.5. The lowest BCUT2D eigenvalue weighted by Crippen LogP contribution is -2.40. The van der Waals surface area contributed by atoms with E-state index in [9.17, 15) is 23.1 Å². The lowest BCUT2D eigenvalue weighted by molar-refractivity contribution is -0.126. The molecule has 2 aromatic heterocycles. The molecule has 5 N–H and O–H groups in total. The van der Waals surface area contributed by atoms with Gasteiger partial charge in [0.25, 0.3) is 0 Å². The number of carbonyl (C=O) groups is 1. The first kappa shape index (κ1) is 27.1. The summed E-state index contributed by atoms with van der Waals surface area (Å²) in [6.07, 6.45) is 3.87. The number of nitrogens with one attached hydrogen (secondary N) is 3. The molecule has 14 heteroatoms. The summed E-state index contributed by atoms with van der Waals surface area (Å²) in [6, 6.07) is 1.02. The average molecular weight is 550 g/mol.